The number of hydrogen-bond donors (Lipinski definition) is 2. The van der Waals surface area contributed by atoms with Crippen molar-refractivity contribution in [1.29, 1.82) is 0 Å². The Hall–Kier alpha value is -3.02. The van der Waals surface area contributed by atoms with Gasteiger partial charge in [0.05, 0.1) is 0 Å². The molecule has 0 aliphatic rings. The van der Waals surface area contributed by atoms with Crippen LogP contribution in [0, 0.1) is 0 Å². The van der Waals surface area contributed by atoms with Crippen molar-refractivity contribution in [3.8, 4) is 0 Å². The van der Waals surface area contributed by atoms with Crippen LogP contribution in [0.2, 0.25) is 0 Å². The van der Waals surface area contributed by atoms with Crippen LogP contribution in [0.25, 0.3) is 0 Å². The number of rotatable bonds is 6. The van der Waals surface area contributed by atoms with Gasteiger partial charge in [0, 0.05) is 5.69 Å². The first-order chi connectivity index (χ1) is 11.8. The minimum atomic E-state index is -0.503. The number of aromatic nitrogens is 4. The maximum absolute atomic E-state index is 12.7. The second-order valence-electron chi connectivity index (χ2n) is 5.55. The van der Waals surface area contributed by atoms with Gasteiger partial charge in [-0.05, 0) is 36.1 Å². The van der Waals surface area contributed by atoms with E-state index in [1.807, 2.05) is 42.5 Å². The number of aromatic amines is 1. The molecular weight excluding hydrogens is 302 g/mol. The fraction of sp³-hybridized carbons (Fsp3) is 0.222. The number of H-pyrrole nitrogens is 1. The standard InChI is InChI=1S/C18H19N5O/c1-2-13-8-10-14(11-9-13)12-16(17-20-22-23-21-17)18(24)19-15-6-4-3-5-7-15/h3-11,16H,2,12H2,1H3,(H,19,24)(H,20,21,22,23). The lowest BCUT2D eigenvalue weighted by atomic mass is 9.96. The summed E-state index contributed by atoms with van der Waals surface area (Å²) in [5.74, 6) is -0.262. The highest BCUT2D eigenvalue weighted by Gasteiger charge is 2.25. The number of amides is 1. The minimum Gasteiger partial charge on any atom is -0.325 e. The quantitative estimate of drug-likeness (QED) is 0.731. The number of tetrazole rings is 1. The van der Waals surface area contributed by atoms with Crippen LogP contribution in [0.1, 0.15) is 29.8 Å². The molecule has 0 saturated heterocycles. The summed E-state index contributed by atoms with van der Waals surface area (Å²) in [6.45, 7) is 2.12. The van der Waals surface area contributed by atoms with E-state index in [0.29, 0.717) is 12.2 Å². The highest BCUT2D eigenvalue weighted by molar-refractivity contribution is 5.95. The Bertz CT molecular complexity index is 769. The molecule has 24 heavy (non-hydrogen) atoms. The van der Waals surface area contributed by atoms with Crippen LogP contribution in [-0.4, -0.2) is 26.5 Å². The maximum atomic E-state index is 12.7. The number of nitrogens with zero attached hydrogens (tertiary/aromatic N) is 3. The Kier molecular flexibility index (Phi) is 4.96. The number of carbonyl (C=O) groups excluding carboxylic acids is 1. The summed E-state index contributed by atoms with van der Waals surface area (Å²) in [7, 11) is 0. The highest BCUT2D eigenvalue weighted by atomic mass is 16.1. The van der Waals surface area contributed by atoms with Crippen molar-refractivity contribution in [3.05, 3.63) is 71.5 Å². The summed E-state index contributed by atoms with van der Waals surface area (Å²) >= 11 is 0. The molecule has 122 valence electrons. The topological polar surface area (TPSA) is 83.6 Å². The molecule has 6 heteroatoms. The summed E-state index contributed by atoms with van der Waals surface area (Å²) in [5, 5.41) is 16.9. The molecule has 0 saturated carbocycles. The lowest BCUT2D eigenvalue weighted by Gasteiger charge is -2.14. The van der Waals surface area contributed by atoms with Crippen molar-refractivity contribution in [2.75, 3.05) is 5.32 Å². The molecule has 1 amide bonds. The summed E-state index contributed by atoms with van der Waals surface area (Å²) in [5.41, 5.74) is 3.08. The monoisotopic (exact) mass is 321 g/mol. The van der Waals surface area contributed by atoms with Gasteiger partial charge in [-0.25, -0.2) is 0 Å². The summed E-state index contributed by atoms with van der Waals surface area (Å²) in [6, 6.07) is 17.6. The van der Waals surface area contributed by atoms with E-state index in [-0.39, 0.29) is 5.91 Å². The molecule has 3 rings (SSSR count). The first-order valence-corrected chi connectivity index (χ1v) is 7.93. The van der Waals surface area contributed by atoms with E-state index in [1.54, 1.807) is 0 Å². The molecule has 1 unspecified atom stereocenters. The van der Waals surface area contributed by atoms with Crippen molar-refractivity contribution in [2.24, 2.45) is 0 Å². The minimum absolute atomic E-state index is 0.151. The van der Waals surface area contributed by atoms with Crippen molar-refractivity contribution in [3.63, 3.8) is 0 Å². The molecule has 0 spiro atoms. The van der Waals surface area contributed by atoms with E-state index in [4.69, 9.17) is 0 Å². The van der Waals surface area contributed by atoms with Crippen LogP contribution in [-0.2, 0) is 17.6 Å². The zero-order chi connectivity index (χ0) is 16.8. The average molecular weight is 321 g/mol. The molecule has 0 aliphatic carbocycles. The molecule has 0 fully saturated rings. The van der Waals surface area contributed by atoms with Gasteiger partial charge in [-0.2, -0.15) is 5.21 Å². The van der Waals surface area contributed by atoms with E-state index in [1.165, 1.54) is 5.56 Å². The van der Waals surface area contributed by atoms with Crippen molar-refractivity contribution in [2.45, 2.75) is 25.7 Å². The lowest BCUT2D eigenvalue weighted by molar-refractivity contribution is -0.117. The van der Waals surface area contributed by atoms with Crippen LogP contribution in [0.3, 0.4) is 0 Å². The molecule has 1 heterocycles. The summed E-state index contributed by atoms with van der Waals surface area (Å²) in [4.78, 5) is 12.7. The predicted octanol–water partition coefficient (Wildman–Crippen LogP) is 2.73. The SMILES string of the molecule is CCc1ccc(CC(C(=O)Nc2ccccc2)c2nn[nH]n2)cc1. The number of benzene rings is 2. The Labute approximate surface area is 140 Å². The molecule has 0 bridgehead atoms. The number of nitrogens with one attached hydrogen (secondary N) is 2. The third-order valence-electron chi connectivity index (χ3n) is 3.90. The van der Waals surface area contributed by atoms with Gasteiger partial charge in [0.1, 0.15) is 5.92 Å². The van der Waals surface area contributed by atoms with E-state index in [9.17, 15) is 4.79 Å². The molecule has 2 N–H and O–H groups in total. The van der Waals surface area contributed by atoms with Crippen LogP contribution >= 0.6 is 0 Å². The highest BCUT2D eigenvalue weighted by Crippen LogP contribution is 2.20. The predicted molar refractivity (Wildman–Crippen MR) is 91.5 cm³/mol. The van der Waals surface area contributed by atoms with Crippen molar-refractivity contribution in [1.82, 2.24) is 20.6 Å². The third-order valence-corrected chi connectivity index (χ3v) is 3.90. The van der Waals surface area contributed by atoms with E-state index < -0.39 is 5.92 Å². The maximum Gasteiger partial charge on any atom is 0.235 e. The number of anilines is 1. The second kappa shape index (κ2) is 7.50. The van der Waals surface area contributed by atoms with Crippen LogP contribution in [0.5, 0.6) is 0 Å². The van der Waals surface area contributed by atoms with Crippen molar-refractivity contribution < 1.29 is 4.79 Å². The number of hydrogen-bond acceptors (Lipinski definition) is 4. The Morgan fingerprint density at radius 3 is 2.42 bits per heavy atom. The number of aryl methyl sites for hydroxylation is 1. The summed E-state index contributed by atoms with van der Waals surface area (Å²) < 4.78 is 0. The van der Waals surface area contributed by atoms with E-state index >= 15 is 0 Å². The molecule has 0 radical (unpaired) electrons. The van der Waals surface area contributed by atoms with Crippen LogP contribution < -0.4 is 5.32 Å². The Morgan fingerprint density at radius 1 is 1.08 bits per heavy atom. The van der Waals surface area contributed by atoms with E-state index in [0.717, 1.165) is 17.7 Å². The largest absolute Gasteiger partial charge is 0.325 e. The fourth-order valence-corrected chi connectivity index (χ4v) is 2.52. The first-order valence-electron chi connectivity index (χ1n) is 7.93. The molecule has 0 aliphatic heterocycles. The Balaban J connectivity index is 1.79. The normalized spacial score (nSPS) is 11.9. The fourth-order valence-electron chi connectivity index (χ4n) is 2.52. The molecule has 1 atom stereocenters. The van der Waals surface area contributed by atoms with Gasteiger partial charge in [-0.3, -0.25) is 4.79 Å². The van der Waals surface area contributed by atoms with Gasteiger partial charge in [-0.1, -0.05) is 54.6 Å². The first kappa shape index (κ1) is 15.9. The Morgan fingerprint density at radius 2 is 1.79 bits per heavy atom. The zero-order valence-corrected chi connectivity index (χ0v) is 13.4. The smallest absolute Gasteiger partial charge is 0.235 e. The number of para-hydroxylation sites is 1. The number of carbonyl (C=O) groups is 1. The molecular formula is C18H19N5O. The second-order valence-corrected chi connectivity index (χ2v) is 5.55. The van der Waals surface area contributed by atoms with Gasteiger partial charge in [0.15, 0.2) is 5.82 Å². The average Bonchev–Trinajstić information content (AvgIpc) is 3.15. The summed E-state index contributed by atoms with van der Waals surface area (Å²) in [6.07, 6.45) is 1.51. The van der Waals surface area contributed by atoms with Crippen molar-refractivity contribution >= 4 is 11.6 Å². The van der Waals surface area contributed by atoms with E-state index in [2.05, 4.69) is 45.0 Å². The van der Waals surface area contributed by atoms with Crippen LogP contribution in [0.15, 0.2) is 54.6 Å². The van der Waals surface area contributed by atoms with Crippen LogP contribution in [0.4, 0.5) is 5.69 Å². The molecule has 6 nitrogen and oxygen atoms in total. The molecule has 1 aromatic heterocycles. The van der Waals surface area contributed by atoms with Gasteiger partial charge in [0.2, 0.25) is 5.91 Å². The van der Waals surface area contributed by atoms with Gasteiger partial charge in [-0.15, -0.1) is 10.2 Å². The molecule has 2 aromatic carbocycles. The van der Waals surface area contributed by atoms with Gasteiger partial charge < -0.3 is 5.32 Å². The lowest BCUT2D eigenvalue weighted by Crippen LogP contribution is -2.24. The third kappa shape index (κ3) is 3.84. The zero-order valence-electron chi connectivity index (χ0n) is 13.4. The van der Waals surface area contributed by atoms with Gasteiger partial charge >= 0.3 is 0 Å². The van der Waals surface area contributed by atoms with Gasteiger partial charge in [0.25, 0.3) is 0 Å². The molecule has 3 aromatic rings.